The van der Waals surface area contributed by atoms with E-state index >= 15 is 0 Å². The smallest absolute Gasteiger partial charge is 0.225 e. The van der Waals surface area contributed by atoms with Crippen LogP contribution in [0.5, 0.6) is 0 Å². The molecule has 21 heavy (non-hydrogen) atoms. The summed E-state index contributed by atoms with van der Waals surface area (Å²) in [6, 6.07) is 6.72. The van der Waals surface area contributed by atoms with Crippen molar-refractivity contribution in [3.05, 3.63) is 30.1 Å². The molecule has 1 amide bonds. The van der Waals surface area contributed by atoms with E-state index in [1.165, 1.54) is 25.0 Å². The van der Waals surface area contributed by atoms with E-state index in [4.69, 9.17) is 0 Å². The summed E-state index contributed by atoms with van der Waals surface area (Å²) in [5, 5.41) is 3.42. The van der Waals surface area contributed by atoms with E-state index in [-0.39, 0.29) is 17.8 Å². The standard InChI is InChI=1S/C17H23FN2O/c18-14-7-9-15(10-8-14)19-16-6-3-11-20(12-16)17(21)13-4-1-2-5-13/h7-10,13,16,19H,1-6,11-12H2/t16-/m0/s1. The van der Waals surface area contributed by atoms with Crippen molar-refractivity contribution >= 4 is 11.6 Å². The maximum atomic E-state index is 12.9. The molecule has 1 saturated carbocycles. The average Bonchev–Trinajstić information content (AvgIpc) is 3.03. The number of carbonyl (C=O) groups is 1. The van der Waals surface area contributed by atoms with Gasteiger partial charge in [0.2, 0.25) is 5.91 Å². The maximum absolute atomic E-state index is 12.9. The van der Waals surface area contributed by atoms with Crippen LogP contribution in [0.15, 0.2) is 24.3 Å². The first kappa shape index (κ1) is 14.4. The Morgan fingerprint density at radius 1 is 1.10 bits per heavy atom. The van der Waals surface area contributed by atoms with Gasteiger partial charge in [0.05, 0.1) is 0 Å². The van der Waals surface area contributed by atoms with E-state index in [1.807, 2.05) is 4.90 Å². The SMILES string of the molecule is O=C(C1CCCC1)N1CCC[C@H](Nc2ccc(F)cc2)C1. The van der Waals surface area contributed by atoms with Crippen molar-refractivity contribution in [3.63, 3.8) is 0 Å². The molecule has 1 aliphatic heterocycles. The van der Waals surface area contributed by atoms with Crippen LogP contribution in [0.2, 0.25) is 0 Å². The molecule has 4 heteroatoms. The Balaban J connectivity index is 1.57. The Morgan fingerprint density at radius 3 is 2.52 bits per heavy atom. The molecular formula is C17H23FN2O. The van der Waals surface area contributed by atoms with E-state index in [0.29, 0.717) is 5.91 Å². The quantitative estimate of drug-likeness (QED) is 0.925. The fourth-order valence-electron chi connectivity index (χ4n) is 3.51. The van der Waals surface area contributed by atoms with Gasteiger partial charge in [-0.3, -0.25) is 4.79 Å². The fourth-order valence-corrected chi connectivity index (χ4v) is 3.51. The lowest BCUT2D eigenvalue weighted by atomic mass is 10.0. The lowest BCUT2D eigenvalue weighted by Gasteiger charge is -2.35. The second kappa shape index (κ2) is 6.46. The van der Waals surface area contributed by atoms with Crippen LogP contribution < -0.4 is 5.32 Å². The Morgan fingerprint density at radius 2 is 1.81 bits per heavy atom. The van der Waals surface area contributed by atoms with Gasteiger partial charge in [0, 0.05) is 30.7 Å². The molecule has 1 aromatic carbocycles. The molecule has 1 atom stereocenters. The van der Waals surface area contributed by atoms with Gasteiger partial charge in [0.15, 0.2) is 0 Å². The highest BCUT2D eigenvalue weighted by molar-refractivity contribution is 5.79. The topological polar surface area (TPSA) is 32.3 Å². The summed E-state index contributed by atoms with van der Waals surface area (Å²) < 4.78 is 12.9. The van der Waals surface area contributed by atoms with Crippen LogP contribution >= 0.6 is 0 Å². The third-order valence-corrected chi connectivity index (χ3v) is 4.65. The number of piperidine rings is 1. The number of nitrogens with one attached hydrogen (secondary N) is 1. The van der Waals surface area contributed by atoms with E-state index in [9.17, 15) is 9.18 Å². The number of hydrogen-bond donors (Lipinski definition) is 1. The lowest BCUT2D eigenvalue weighted by Crippen LogP contribution is -2.46. The molecule has 114 valence electrons. The van der Waals surface area contributed by atoms with Crippen molar-refractivity contribution in [1.82, 2.24) is 4.90 Å². The van der Waals surface area contributed by atoms with Gasteiger partial charge >= 0.3 is 0 Å². The van der Waals surface area contributed by atoms with Crippen LogP contribution in [0.3, 0.4) is 0 Å². The predicted octanol–water partition coefficient (Wildman–Crippen LogP) is 3.42. The molecule has 2 aliphatic rings. The summed E-state index contributed by atoms with van der Waals surface area (Å²) in [7, 11) is 0. The first-order valence-electron chi connectivity index (χ1n) is 8.03. The molecule has 2 fully saturated rings. The van der Waals surface area contributed by atoms with Crippen LogP contribution in [0, 0.1) is 11.7 Å². The number of nitrogens with zero attached hydrogens (tertiary/aromatic N) is 1. The van der Waals surface area contributed by atoms with Crippen LogP contribution in [0.25, 0.3) is 0 Å². The van der Waals surface area contributed by atoms with Gasteiger partial charge in [-0.25, -0.2) is 4.39 Å². The largest absolute Gasteiger partial charge is 0.381 e. The minimum atomic E-state index is -0.220. The Hall–Kier alpha value is -1.58. The zero-order chi connectivity index (χ0) is 14.7. The second-order valence-corrected chi connectivity index (χ2v) is 6.26. The molecule has 0 unspecified atom stereocenters. The molecule has 0 spiro atoms. The second-order valence-electron chi connectivity index (χ2n) is 6.26. The summed E-state index contributed by atoms with van der Waals surface area (Å²) in [5.74, 6) is 0.384. The zero-order valence-corrected chi connectivity index (χ0v) is 12.4. The molecule has 1 saturated heterocycles. The van der Waals surface area contributed by atoms with Gasteiger partial charge in [0.25, 0.3) is 0 Å². The number of benzene rings is 1. The minimum Gasteiger partial charge on any atom is -0.381 e. The molecule has 1 aromatic rings. The number of halogens is 1. The molecule has 0 radical (unpaired) electrons. The predicted molar refractivity (Wildman–Crippen MR) is 81.6 cm³/mol. The van der Waals surface area contributed by atoms with Gasteiger partial charge in [-0.05, 0) is 49.9 Å². The van der Waals surface area contributed by atoms with Gasteiger partial charge in [-0.1, -0.05) is 12.8 Å². The number of carbonyl (C=O) groups excluding carboxylic acids is 1. The van der Waals surface area contributed by atoms with Crippen molar-refractivity contribution in [2.75, 3.05) is 18.4 Å². The Labute approximate surface area is 125 Å². The summed E-state index contributed by atoms with van der Waals surface area (Å²) >= 11 is 0. The van der Waals surface area contributed by atoms with Crippen LogP contribution in [0.1, 0.15) is 38.5 Å². The van der Waals surface area contributed by atoms with Gasteiger partial charge < -0.3 is 10.2 Å². The van der Waals surface area contributed by atoms with E-state index in [2.05, 4.69) is 5.32 Å². The monoisotopic (exact) mass is 290 g/mol. The number of amides is 1. The lowest BCUT2D eigenvalue weighted by molar-refractivity contribution is -0.136. The molecule has 0 aromatic heterocycles. The van der Waals surface area contributed by atoms with Crippen molar-refractivity contribution in [3.8, 4) is 0 Å². The van der Waals surface area contributed by atoms with Crippen LogP contribution in [0.4, 0.5) is 10.1 Å². The highest BCUT2D eigenvalue weighted by Crippen LogP contribution is 2.28. The number of anilines is 1. The Bertz CT molecular complexity index is 482. The summed E-state index contributed by atoms with van der Waals surface area (Å²) in [4.78, 5) is 14.5. The van der Waals surface area contributed by atoms with Crippen molar-refractivity contribution in [1.29, 1.82) is 0 Å². The summed E-state index contributed by atoms with van der Waals surface area (Å²) in [5.41, 5.74) is 0.927. The zero-order valence-electron chi connectivity index (χ0n) is 12.4. The van der Waals surface area contributed by atoms with Crippen molar-refractivity contribution < 1.29 is 9.18 Å². The number of likely N-dealkylation sites (tertiary alicyclic amines) is 1. The highest BCUT2D eigenvalue weighted by Gasteiger charge is 2.30. The summed E-state index contributed by atoms with van der Waals surface area (Å²) in [6.45, 7) is 1.66. The molecule has 1 aliphatic carbocycles. The normalized spacial score (nSPS) is 23.3. The maximum Gasteiger partial charge on any atom is 0.225 e. The molecule has 0 bridgehead atoms. The minimum absolute atomic E-state index is 0.220. The van der Waals surface area contributed by atoms with E-state index in [1.54, 1.807) is 12.1 Å². The third-order valence-electron chi connectivity index (χ3n) is 4.65. The third kappa shape index (κ3) is 3.55. The first-order chi connectivity index (χ1) is 10.2. The fraction of sp³-hybridized carbons (Fsp3) is 0.588. The van der Waals surface area contributed by atoms with Gasteiger partial charge in [0.1, 0.15) is 5.82 Å². The summed E-state index contributed by atoms with van der Waals surface area (Å²) in [6.07, 6.45) is 6.61. The molecular weight excluding hydrogens is 267 g/mol. The van der Waals surface area contributed by atoms with Crippen LogP contribution in [-0.4, -0.2) is 29.9 Å². The van der Waals surface area contributed by atoms with Crippen molar-refractivity contribution in [2.24, 2.45) is 5.92 Å². The molecule has 1 heterocycles. The molecule has 3 nitrogen and oxygen atoms in total. The average molecular weight is 290 g/mol. The molecule has 3 rings (SSSR count). The first-order valence-corrected chi connectivity index (χ1v) is 8.03. The number of rotatable bonds is 3. The van der Waals surface area contributed by atoms with Crippen LogP contribution in [-0.2, 0) is 4.79 Å². The highest BCUT2D eigenvalue weighted by atomic mass is 19.1. The Kier molecular flexibility index (Phi) is 4.42. The molecule has 1 N–H and O–H groups in total. The van der Waals surface area contributed by atoms with Crippen molar-refractivity contribution in [2.45, 2.75) is 44.6 Å². The van der Waals surface area contributed by atoms with E-state index in [0.717, 1.165) is 44.5 Å². The van der Waals surface area contributed by atoms with Gasteiger partial charge in [-0.2, -0.15) is 0 Å². The van der Waals surface area contributed by atoms with E-state index < -0.39 is 0 Å². The number of hydrogen-bond acceptors (Lipinski definition) is 2. The van der Waals surface area contributed by atoms with Gasteiger partial charge in [-0.15, -0.1) is 0 Å².